The fourth-order valence-corrected chi connectivity index (χ4v) is 2.95. The highest BCUT2D eigenvalue weighted by Gasteiger charge is 2.20. The Bertz CT molecular complexity index is 773. The summed E-state index contributed by atoms with van der Waals surface area (Å²) in [5.74, 6) is 1.99. The molecule has 0 radical (unpaired) electrons. The minimum absolute atomic E-state index is 0.981. The zero-order valence-corrected chi connectivity index (χ0v) is 10.8. The molecule has 1 aliphatic rings. The van der Waals surface area contributed by atoms with Crippen molar-refractivity contribution in [2.24, 2.45) is 0 Å². The number of aromatic nitrogens is 4. The van der Waals surface area contributed by atoms with Crippen molar-refractivity contribution < 1.29 is 0 Å². The SMILES string of the molecule is Cc1nc2ccccc2n1-c1ncnc2c1CCC2. The van der Waals surface area contributed by atoms with Gasteiger partial charge in [0.05, 0.1) is 11.0 Å². The fourth-order valence-electron chi connectivity index (χ4n) is 2.95. The van der Waals surface area contributed by atoms with E-state index in [1.54, 1.807) is 6.33 Å². The van der Waals surface area contributed by atoms with Crippen LogP contribution in [-0.2, 0) is 12.8 Å². The van der Waals surface area contributed by atoms with Crippen molar-refractivity contribution in [3.05, 3.63) is 47.7 Å². The average molecular weight is 250 g/mol. The van der Waals surface area contributed by atoms with E-state index in [9.17, 15) is 0 Å². The van der Waals surface area contributed by atoms with E-state index in [0.29, 0.717) is 0 Å². The summed E-state index contributed by atoms with van der Waals surface area (Å²) in [7, 11) is 0. The van der Waals surface area contributed by atoms with Crippen LogP contribution >= 0.6 is 0 Å². The summed E-state index contributed by atoms with van der Waals surface area (Å²) in [6.45, 7) is 2.03. The zero-order valence-electron chi connectivity index (χ0n) is 10.8. The van der Waals surface area contributed by atoms with E-state index in [1.807, 2.05) is 25.1 Å². The van der Waals surface area contributed by atoms with Crippen molar-refractivity contribution in [2.75, 3.05) is 0 Å². The molecule has 0 bridgehead atoms. The predicted octanol–water partition coefficient (Wildman–Crippen LogP) is 2.61. The summed E-state index contributed by atoms with van der Waals surface area (Å²) in [5.41, 5.74) is 4.62. The lowest BCUT2D eigenvalue weighted by molar-refractivity contribution is 0.892. The van der Waals surface area contributed by atoms with Crippen LogP contribution < -0.4 is 0 Å². The van der Waals surface area contributed by atoms with E-state index in [0.717, 1.165) is 35.5 Å². The van der Waals surface area contributed by atoms with Gasteiger partial charge in [-0.25, -0.2) is 15.0 Å². The van der Waals surface area contributed by atoms with E-state index < -0.39 is 0 Å². The number of fused-ring (bicyclic) bond motifs is 2. The molecular weight excluding hydrogens is 236 g/mol. The molecule has 1 aromatic carbocycles. The molecule has 0 fully saturated rings. The van der Waals surface area contributed by atoms with Crippen LogP contribution in [0.2, 0.25) is 0 Å². The van der Waals surface area contributed by atoms with Gasteiger partial charge in [0.1, 0.15) is 18.0 Å². The topological polar surface area (TPSA) is 43.6 Å². The van der Waals surface area contributed by atoms with Crippen LogP contribution in [0.1, 0.15) is 23.5 Å². The number of hydrogen-bond acceptors (Lipinski definition) is 3. The number of rotatable bonds is 1. The van der Waals surface area contributed by atoms with E-state index >= 15 is 0 Å². The smallest absolute Gasteiger partial charge is 0.145 e. The molecule has 0 unspecified atom stereocenters. The van der Waals surface area contributed by atoms with Crippen LogP contribution in [0.4, 0.5) is 0 Å². The maximum Gasteiger partial charge on any atom is 0.145 e. The number of hydrogen-bond donors (Lipinski definition) is 0. The molecule has 4 heteroatoms. The van der Waals surface area contributed by atoms with Crippen molar-refractivity contribution >= 4 is 11.0 Å². The Labute approximate surface area is 111 Å². The number of aryl methyl sites for hydroxylation is 2. The van der Waals surface area contributed by atoms with E-state index in [2.05, 4.69) is 25.6 Å². The summed E-state index contributed by atoms with van der Waals surface area (Å²) >= 11 is 0. The second-order valence-electron chi connectivity index (χ2n) is 4.96. The maximum absolute atomic E-state index is 4.62. The summed E-state index contributed by atoms with van der Waals surface area (Å²) in [6.07, 6.45) is 4.98. The van der Waals surface area contributed by atoms with Crippen molar-refractivity contribution in [3.63, 3.8) is 0 Å². The van der Waals surface area contributed by atoms with Crippen LogP contribution in [0.25, 0.3) is 16.9 Å². The fraction of sp³-hybridized carbons (Fsp3) is 0.267. The molecule has 0 spiro atoms. The Balaban J connectivity index is 2.06. The Morgan fingerprint density at radius 3 is 2.95 bits per heavy atom. The van der Waals surface area contributed by atoms with E-state index in [4.69, 9.17) is 0 Å². The van der Waals surface area contributed by atoms with Crippen molar-refractivity contribution in [3.8, 4) is 5.82 Å². The molecule has 1 aliphatic carbocycles. The Kier molecular flexibility index (Phi) is 2.18. The standard InChI is InChI=1S/C15H14N4/c1-10-18-13-6-2-3-8-14(13)19(10)15-11-5-4-7-12(11)16-9-17-15/h2-3,6,8-9H,4-5,7H2,1H3. The molecule has 2 aromatic heterocycles. The van der Waals surface area contributed by atoms with Crippen LogP contribution in [0, 0.1) is 6.92 Å². The largest absolute Gasteiger partial charge is 0.280 e. The molecule has 0 aliphatic heterocycles. The van der Waals surface area contributed by atoms with Crippen molar-refractivity contribution in [1.82, 2.24) is 19.5 Å². The first-order valence-corrected chi connectivity index (χ1v) is 6.62. The number of nitrogens with zero attached hydrogens (tertiary/aromatic N) is 4. The number of imidazole rings is 1. The van der Waals surface area contributed by atoms with Gasteiger partial charge in [0.2, 0.25) is 0 Å². The lowest BCUT2D eigenvalue weighted by atomic mass is 10.2. The van der Waals surface area contributed by atoms with Crippen LogP contribution in [-0.4, -0.2) is 19.5 Å². The normalized spacial score (nSPS) is 13.9. The molecule has 19 heavy (non-hydrogen) atoms. The molecule has 0 amide bonds. The van der Waals surface area contributed by atoms with Gasteiger partial charge < -0.3 is 0 Å². The van der Waals surface area contributed by atoms with Gasteiger partial charge in [-0.1, -0.05) is 12.1 Å². The van der Waals surface area contributed by atoms with Gasteiger partial charge in [-0.3, -0.25) is 4.57 Å². The lowest BCUT2D eigenvalue weighted by Crippen LogP contribution is -2.05. The summed E-state index contributed by atoms with van der Waals surface area (Å²) in [6, 6.07) is 8.20. The minimum atomic E-state index is 0.981. The average Bonchev–Trinajstić information content (AvgIpc) is 3.01. The molecule has 0 saturated carbocycles. The van der Waals surface area contributed by atoms with Crippen molar-refractivity contribution in [1.29, 1.82) is 0 Å². The quantitative estimate of drug-likeness (QED) is 0.666. The maximum atomic E-state index is 4.62. The van der Waals surface area contributed by atoms with Crippen LogP contribution in [0.5, 0.6) is 0 Å². The van der Waals surface area contributed by atoms with Gasteiger partial charge in [0.15, 0.2) is 0 Å². The molecule has 0 saturated heterocycles. The van der Waals surface area contributed by atoms with Crippen molar-refractivity contribution in [2.45, 2.75) is 26.2 Å². The lowest BCUT2D eigenvalue weighted by Gasteiger charge is -2.10. The van der Waals surface area contributed by atoms with Crippen LogP contribution in [0.3, 0.4) is 0 Å². The molecule has 3 aromatic rings. The van der Waals surface area contributed by atoms with Gasteiger partial charge in [0.25, 0.3) is 0 Å². The first-order chi connectivity index (χ1) is 9.34. The van der Waals surface area contributed by atoms with Gasteiger partial charge in [-0.15, -0.1) is 0 Å². The highest BCUT2D eigenvalue weighted by molar-refractivity contribution is 5.78. The molecule has 94 valence electrons. The third-order valence-electron chi connectivity index (χ3n) is 3.79. The number of benzene rings is 1. The molecule has 0 atom stereocenters. The summed E-state index contributed by atoms with van der Waals surface area (Å²) < 4.78 is 2.15. The van der Waals surface area contributed by atoms with E-state index in [-0.39, 0.29) is 0 Å². The summed E-state index contributed by atoms with van der Waals surface area (Å²) in [4.78, 5) is 13.5. The predicted molar refractivity (Wildman–Crippen MR) is 73.4 cm³/mol. The summed E-state index contributed by atoms with van der Waals surface area (Å²) in [5, 5.41) is 0. The highest BCUT2D eigenvalue weighted by atomic mass is 15.1. The Morgan fingerprint density at radius 2 is 2.00 bits per heavy atom. The van der Waals surface area contributed by atoms with Gasteiger partial charge in [-0.2, -0.15) is 0 Å². The van der Waals surface area contributed by atoms with Gasteiger partial charge in [0, 0.05) is 11.3 Å². The molecule has 0 N–H and O–H groups in total. The van der Waals surface area contributed by atoms with Crippen LogP contribution in [0.15, 0.2) is 30.6 Å². The molecule has 4 rings (SSSR count). The molecule has 4 nitrogen and oxygen atoms in total. The zero-order chi connectivity index (χ0) is 12.8. The first kappa shape index (κ1) is 10.7. The number of para-hydroxylation sites is 2. The molecule has 2 heterocycles. The van der Waals surface area contributed by atoms with E-state index in [1.165, 1.54) is 17.7 Å². The first-order valence-electron chi connectivity index (χ1n) is 6.62. The van der Waals surface area contributed by atoms with Gasteiger partial charge in [-0.05, 0) is 38.3 Å². The van der Waals surface area contributed by atoms with Gasteiger partial charge >= 0.3 is 0 Å². The third-order valence-corrected chi connectivity index (χ3v) is 3.79. The monoisotopic (exact) mass is 250 g/mol. The molecular formula is C15H14N4. The Morgan fingerprint density at radius 1 is 1.11 bits per heavy atom. The highest BCUT2D eigenvalue weighted by Crippen LogP contribution is 2.27. The second kappa shape index (κ2) is 3.88. The second-order valence-corrected chi connectivity index (χ2v) is 4.96. The Hall–Kier alpha value is -2.23. The third kappa shape index (κ3) is 1.49. The minimum Gasteiger partial charge on any atom is -0.280 e.